The summed E-state index contributed by atoms with van der Waals surface area (Å²) in [4.78, 5) is 7.83. The average Bonchev–Trinajstić information content (AvgIpc) is 2.17. The molecule has 2 aromatic rings. The van der Waals surface area contributed by atoms with Gasteiger partial charge in [0.05, 0.1) is 5.56 Å². The number of benzene rings is 1. The van der Waals surface area contributed by atoms with E-state index in [9.17, 15) is 0 Å². The minimum atomic E-state index is 0.376. The van der Waals surface area contributed by atoms with Crippen LogP contribution in [0.25, 0.3) is 11.1 Å². The molecular weight excluding hydrogens is 231 g/mol. The van der Waals surface area contributed by atoms with E-state index >= 15 is 0 Å². The third-order valence-electron chi connectivity index (χ3n) is 2.06. The maximum atomic E-state index is 5.98. The third kappa shape index (κ3) is 2.11. The molecule has 0 unspecified atom stereocenters. The van der Waals surface area contributed by atoms with Gasteiger partial charge in [-0.3, -0.25) is 0 Å². The molecule has 1 aromatic heterocycles. The molecule has 0 radical (unpaired) electrons. The van der Waals surface area contributed by atoms with E-state index in [1.807, 2.05) is 31.2 Å². The highest BCUT2D eigenvalue weighted by molar-refractivity contribution is 6.37. The lowest BCUT2D eigenvalue weighted by Crippen LogP contribution is -1.88. The first kappa shape index (κ1) is 10.4. The molecule has 0 saturated carbocycles. The highest BCUT2D eigenvalue weighted by atomic mass is 35.5. The van der Waals surface area contributed by atoms with Gasteiger partial charge in [0.1, 0.15) is 16.6 Å². The Balaban J connectivity index is 2.63. The van der Waals surface area contributed by atoms with Crippen LogP contribution in [0, 0.1) is 6.92 Å². The first-order valence-corrected chi connectivity index (χ1v) is 5.17. The maximum absolute atomic E-state index is 5.98. The number of hydrogen-bond donors (Lipinski definition) is 0. The number of aryl methyl sites for hydroxylation is 1. The zero-order valence-corrected chi connectivity index (χ0v) is 9.55. The van der Waals surface area contributed by atoms with Crippen molar-refractivity contribution in [3.63, 3.8) is 0 Å². The van der Waals surface area contributed by atoms with Crippen molar-refractivity contribution >= 4 is 23.2 Å². The summed E-state index contributed by atoms with van der Waals surface area (Å²) in [5.74, 6) is 0. The van der Waals surface area contributed by atoms with Gasteiger partial charge in [-0.1, -0.05) is 53.0 Å². The topological polar surface area (TPSA) is 25.8 Å². The molecule has 0 N–H and O–H groups in total. The molecule has 0 atom stereocenters. The molecule has 0 aliphatic rings. The van der Waals surface area contributed by atoms with Crippen LogP contribution < -0.4 is 0 Å². The molecule has 1 aromatic carbocycles. The summed E-state index contributed by atoms with van der Waals surface area (Å²) in [6.45, 7) is 2.01. The van der Waals surface area contributed by atoms with Gasteiger partial charge in [0.25, 0.3) is 0 Å². The van der Waals surface area contributed by atoms with E-state index in [1.54, 1.807) is 0 Å². The molecule has 2 rings (SSSR count). The zero-order valence-electron chi connectivity index (χ0n) is 8.04. The fourth-order valence-corrected chi connectivity index (χ4v) is 1.92. The Hall–Kier alpha value is -1.12. The van der Waals surface area contributed by atoms with Gasteiger partial charge in [0.15, 0.2) is 0 Å². The van der Waals surface area contributed by atoms with Crippen molar-refractivity contribution in [2.75, 3.05) is 0 Å². The van der Waals surface area contributed by atoms with Crippen molar-refractivity contribution in [1.29, 1.82) is 0 Å². The van der Waals surface area contributed by atoms with Crippen molar-refractivity contribution in [2.45, 2.75) is 6.92 Å². The Kier molecular flexibility index (Phi) is 2.89. The lowest BCUT2D eigenvalue weighted by molar-refractivity contribution is 1.17. The Morgan fingerprint density at radius 1 is 1.07 bits per heavy atom. The SMILES string of the molecule is Cc1cccc(-c2c(Cl)ncnc2Cl)c1. The van der Waals surface area contributed by atoms with Crippen LogP contribution in [0.1, 0.15) is 5.56 Å². The predicted octanol–water partition coefficient (Wildman–Crippen LogP) is 3.76. The first-order valence-electron chi connectivity index (χ1n) is 4.41. The van der Waals surface area contributed by atoms with Crippen molar-refractivity contribution in [1.82, 2.24) is 9.97 Å². The molecule has 0 bridgehead atoms. The molecule has 0 fully saturated rings. The average molecular weight is 239 g/mol. The van der Waals surface area contributed by atoms with Gasteiger partial charge < -0.3 is 0 Å². The van der Waals surface area contributed by atoms with E-state index in [-0.39, 0.29) is 0 Å². The second-order valence-electron chi connectivity index (χ2n) is 3.20. The summed E-state index contributed by atoms with van der Waals surface area (Å²) in [6.07, 6.45) is 1.35. The second-order valence-corrected chi connectivity index (χ2v) is 3.92. The summed E-state index contributed by atoms with van der Waals surface area (Å²) in [6, 6.07) is 7.89. The molecule has 0 aliphatic heterocycles. The van der Waals surface area contributed by atoms with Crippen molar-refractivity contribution in [3.8, 4) is 11.1 Å². The fourth-order valence-electron chi connectivity index (χ4n) is 1.38. The monoisotopic (exact) mass is 238 g/mol. The molecule has 0 spiro atoms. The Morgan fingerprint density at radius 3 is 2.33 bits per heavy atom. The van der Waals surface area contributed by atoms with E-state index in [0.717, 1.165) is 11.1 Å². The van der Waals surface area contributed by atoms with Crippen LogP contribution in [0.2, 0.25) is 10.3 Å². The van der Waals surface area contributed by atoms with Crippen molar-refractivity contribution in [2.24, 2.45) is 0 Å². The number of aromatic nitrogens is 2. The van der Waals surface area contributed by atoms with Crippen LogP contribution in [-0.4, -0.2) is 9.97 Å². The van der Waals surface area contributed by atoms with Gasteiger partial charge in [-0.05, 0) is 12.5 Å². The second kappa shape index (κ2) is 4.17. The van der Waals surface area contributed by atoms with Crippen LogP contribution >= 0.6 is 23.2 Å². The van der Waals surface area contributed by atoms with Gasteiger partial charge in [0.2, 0.25) is 0 Å². The maximum Gasteiger partial charge on any atom is 0.141 e. The minimum Gasteiger partial charge on any atom is -0.224 e. The number of halogens is 2. The minimum absolute atomic E-state index is 0.376. The molecular formula is C11H8Cl2N2. The summed E-state index contributed by atoms with van der Waals surface area (Å²) >= 11 is 12.0. The fraction of sp³-hybridized carbons (Fsp3) is 0.0909. The summed E-state index contributed by atoms with van der Waals surface area (Å²) in [5.41, 5.74) is 2.76. The summed E-state index contributed by atoms with van der Waals surface area (Å²) < 4.78 is 0. The van der Waals surface area contributed by atoms with E-state index in [4.69, 9.17) is 23.2 Å². The number of nitrogens with zero attached hydrogens (tertiary/aromatic N) is 2. The van der Waals surface area contributed by atoms with Gasteiger partial charge in [-0.2, -0.15) is 0 Å². The van der Waals surface area contributed by atoms with Crippen LogP contribution in [0.5, 0.6) is 0 Å². The molecule has 0 amide bonds. The lowest BCUT2D eigenvalue weighted by atomic mass is 10.1. The Morgan fingerprint density at radius 2 is 1.73 bits per heavy atom. The highest BCUT2D eigenvalue weighted by Gasteiger charge is 2.10. The van der Waals surface area contributed by atoms with E-state index in [2.05, 4.69) is 9.97 Å². The molecule has 4 heteroatoms. The largest absolute Gasteiger partial charge is 0.224 e. The van der Waals surface area contributed by atoms with Crippen LogP contribution in [0.4, 0.5) is 0 Å². The zero-order chi connectivity index (χ0) is 10.8. The van der Waals surface area contributed by atoms with E-state index in [1.165, 1.54) is 6.33 Å². The molecule has 0 saturated heterocycles. The molecule has 76 valence electrons. The molecule has 2 nitrogen and oxygen atoms in total. The Bertz CT molecular complexity index is 477. The summed E-state index contributed by atoms with van der Waals surface area (Å²) in [7, 11) is 0. The standard InChI is InChI=1S/C11H8Cl2N2/c1-7-3-2-4-8(5-7)9-10(12)14-6-15-11(9)13/h2-6H,1H3. The summed E-state index contributed by atoms with van der Waals surface area (Å²) in [5, 5.41) is 0.751. The van der Waals surface area contributed by atoms with Crippen LogP contribution in [-0.2, 0) is 0 Å². The normalized spacial score (nSPS) is 10.3. The molecule has 15 heavy (non-hydrogen) atoms. The number of hydrogen-bond acceptors (Lipinski definition) is 2. The third-order valence-corrected chi connectivity index (χ3v) is 2.63. The molecule has 1 heterocycles. The van der Waals surface area contributed by atoms with E-state index in [0.29, 0.717) is 15.9 Å². The molecule has 0 aliphatic carbocycles. The smallest absolute Gasteiger partial charge is 0.141 e. The van der Waals surface area contributed by atoms with Gasteiger partial charge in [-0.15, -0.1) is 0 Å². The number of rotatable bonds is 1. The van der Waals surface area contributed by atoms with Crippen LogP contribution in [0.3, 0.4) is 0 Å². The Labute approximate surface area is 97.9 Å². The van der Waals surface area contributed by atoms with E-state index < -0.39 is 0 Å². The van der Waals surface area contributed by atoms with Crippen molar-refractivity contribution < 1.29 is 0 Å². The van der Waals surface area contributed by atoms with Gasteiger partial charge in [-0.25, -0.2) is 9.97 Å². The van der Waals surface area contributed by atoms with Crippen molar-refractivity contribution in [3.05, 3.63) is 46.5 Å². The van der Waals surface area contributed by atoms with Crippen LogP contribution in [0.15, 0.2) is 30.6 Å². The quantitative estimate of drug-likeness (QED) is 0.708. The van der Waals surface area contributed by atoms with Gasteiger partial charge in [0, 0.05) is 0 Å². The first-order chi connectivity index (χ1) is 7.18. The van der Waals surface area contributed by atoms with Gasteiger partial charge >= 0.3 is 0 Å². The highest BCUT2D eigenvalue weighted by Crippen LogP contribution is 2.31. The lowest BCUT2D eigenvalue weighted by Gasteiger charge is -2.05. The predicted molar refractivity (Wildman–Crippen MR) is 62.2 cm³/mol.